The molecule has 0 bridgehead atoms. The minimum Gasteiger partial charge on any atom is -0.391 e. The summed E-state index contributed by atoms with van der Waals surface area (Å²) in [4.78, 5) is 4.51. The third kappa shape index (κ3) is 1.97. The van der Waals surface area contributed by atoms with Gasteiger partial charge in [0, 0.05) is 19.4 Å². The molecule has 3 rings (SSSR count). The molecule has 2 aliphatic heterocycles. The zero-order valence-corrected chi connectivity index (χ0v) is 9.30. The Morgan fingerprint density at radius 1 is 1.44 bits per heavy atom. The quantitative estimate of drug-likeness (QED) is 0.783. The van der Waals surface area contributed by atoms with Gasteiger partial charge in [-0.2, -0.15) is 5.10 Å². The fourth-order valence-corrected chi connectivity index (χ4v) is 2.44. The minimum atomic E-state index is -0.259. The highest BCUT2D eigenvalue weighted by molar-refractivity contribution is 4.98. The molecule has 1 aromatic rings. The zero-order valence-electron chi connectivity index (χ0n) is 9.30. The van der Waals surface area contributed by atoms with Crippen molar-refractivity contribution in [1.29, 1.82) is 0 Å². The van der Waals surface area contributed by atoms with Crippen molar-refractivity contribution in [1.82, 2.24) is 14.8 Å². The summed E-state index contributed by atoms with van der Waals surface area (Å²) in [6.45, 7) is 1.46. The van der Waals surface area contributed by atoms with E-state index in [4.69, 9.17) is 4.74 Å². The van der Waals surface area contributed by atoms with Crippen LogP contribution in [0.5, 0.6) is 0 Å². The van der Waals surface area contributed by atoms with Gasteiger partial charge in [-0.15, -0.1) is 0 Å². The van der Waals surface area contributed by atoms with E-state index in [9.17, 15) is 5.11 Å². The highest BCUT2D eigenvalue weighted by atomic mass is 16.5. The Balaban J connectivity index is 1.71. The Bertz CT molecular complexity index is 371. The molecule has 0 aliphatic carbocycles. The van der Waals surface area contributed by atoms with Crippen LogP contribution in [0.4, 0.5) is 0 Å². The molecule has 1 aromatic heterocycles. The van der Waals surface area contributed by atoms with Crippen molar-refractivity contribution >= 4 is 0 Å². The molecule has 5 heteroatoms. The first kappa shape index (κ1) is 10.2. The van der Waals surface area contributed by atoms with Gasteiger partial charge in [-0.1, -0.05) is 0 Å². The largest absolute Gasteiger partial charge is 0.391 e. The Kier molecular flexibility index (Phi) is 2.65. The summed E-state index contributed by atoms with van der Waals surface area (Å²) in [6.07, 6.45) is 4.76. The second-order valence-electron chi connectivity index (χ2n) is 4.66. The van der Waals surface area contributed by atoms with Crippen molar-refractivity contribution in [2.75, 3.05) is 6.61 Å². The van der Waals surface area contributed by atoms with Crippen molar-refractivity contribution in [3.05, 3.63) is 11.6 Å². The molecule has 1 fully saturated rings. The summed E-state index contributed by atoms with van der Waals surface area (Å²) >= 11 is 0. The minimum absolute atomic E-state index is 0.259. The fraction of sp³-hybridized carbons (Fsp3) is 0.818. The van der Waals surface area contributed by atoms with E-state index in [2.05, 4.69) is 10.1 Å². The predicted molar refractivity (Wildman–Crippen MR) is 57.0 cm³/mol. The van der Waals surface area contributed by atoms with Crippen LogP contribution in [-0.2, 0) is 24.1 Å². The van der Waals surface area contributed by atoms with E-state index in [0.29, 0.717) is 12.6 Å². The van der Waals surface area contributed by atoms with Crippen molar-refractivity contribution in [2.24, 2.45) is 0 Å². The van der Waals surface area contributed by atoms with Gasteiger partial charge in [0.2, 0.25) is 0 Å². The topological polar surface area (TPSA) is 60.2 Å². The molecule has 2 aliphatic rings. The van der Waals surface area contributed by atoms with Gasteiger partial charge in [-0.25, -0.2) is 9.67 Å². The van der Waals surface area contributed by atoms with Crippen LogP contribution in [0.3, 0.4) is 0 Å². The number of hydrogen-bond acceptors (Lipinski definition) is 4. The monoisotopic (exact) mass is 223 g/mol. The molecule has 0 radical (unpaired) electrons. The van der Waals surface area contributed by atoms with Crippen LogP contribution in [0.2, 0.25) is 0 Å². The molecule has 0 aromatic carbocycles. The number of aryl methyl sites for hydroxylation is 1. The average Bonchev–Trinajstić information content (AvgIpc) is 2.86. The van der Waals surface area contributed by atoms with Gasteiger partial charge in [0.1, 0.15) is 5.82 Å². The molecule has 2 unspecified atom stereocenters. The van der Waals surface area contributed by atoms with E-state index < -0.39 is 0 Å². The number of rotatable bonds is 2. The highest BCUT2D eigenvalue weighted by Gasteiger charge is 2.22. The van der Waals surface area contributed by atoms with Crippen molar-refractivity contribution in [3.8, 4) is 0 Å². The van der Waals surface area contributed by atoms with Crippen molar-refractivity contribution in [2.45, 2.75) is 50.9 Å². The zero-order chi connectivity index (χ0) is 11.0. The normalized spacial score (nSPS) is 29.3. The third-order valence-electron chi connectivity index (χ3n) is 3.31. The number of aromatic nitrogens is 3. The molecule has 0 amide bonds. The van der Waals surface area contributed by atoms with Crippen LogP contribution in [0, 0.1) is 0 Å². The van der Waals surface area contributed by atoms with Crippen molar-refractivity contribution < 1.29 is 9.84 Å². The first-order chi connectivity index (χ1) is 7.81. The summed E-state index contributed by atoms with van der Waals surface area (Å²) < 4.78 is 7.42. The van der Waals surface area contributed by atoms with Crippen LogP contribution >= 0.6 is 0 Å². The number of nitrogens with zero attached hydrogens (tertiary/aromatic N) is 3. The van der Waals surface area contributed by atoms with E-state index in [-0.39, 0.29) is 6.10 Å². The van der Waals surface area contributed by atoms with Crippen LogP contribution in [-0.4, -0.2) is 38.7 Å². The number of aliphatic hydroxyl groups excluding tert-OH is 1. The standard InChI is InChI=1S/C11H17N3O2/c15-8-3-4-11-12-10(13-14(11)7-8)6-9-2-1-5-16-9/h8-9,15H,1-7H2. The Morgan fingerprint density at radius 3 is 3.19 bits per heavy atom. The molecule has 5 nitrogen and oxygen atoms in total. The maximum Gasteiger partial charge on any atom is 0.153 e. The van der Waals surface area contributed by atoms with Crippen LogP contribution in [0.15, 0.2) is 0 Å². The second-order valence-corrected chi connectivity index (χ2v) is 4.66. The Labute approximate surface area is 94.4 Å². The number of hydrogen-bond donors (Lipinski definition) is 1. The SMILES string of the molecule is OC1CCc2nc(CC3CCCO3)nn2C1. The van der Waals surface area contributed by atoms with E-state index in [0.717, 1.165) is 50.4 Å². The molecule has 88 valence electrons. The molecule has 1 saturated heterocycles. The lowest BCUT2D eigenvalue weighted by Crippen LogP contribution is -2.25. The average molecular weight is 223 g/mol. The van der Waals surface area contributed by atoms with Crippen LogP contribution in [0.1, 0.15) is 30.9 Å². The molecule has 3 heterocycles. The van der Waals surface area contributed by atoms with E-state index >= 15 is 0 Å². The maximum absolute atomic E-state index is 9.54. The van der Waals surface area contributed by atoms with Gasteiger partial charge in [0.05, 0.1) is 18.8 Å². The summed E-state index contributed by atoms with van der Waals surface area (Å²) in [7, 11) is 0. The lowest BCUT2D eigenvalue weighted by molar-refractivity contribution is 0.109. The Morgan fingerprint density at radius 2 is 2.38 bits per heavy atom. The predicted octanol–water partition coefficient (Wildman–Crippen LogP) is 0.307. The lowest BCUT2D eigenvalue weighted by atomic mass is 10.1. The maximum atomic E-state index is 9.54. The van der Waals surface area contributed by atoms with Gasteiger partial charge >= 0.3 is 0 Å². The summed E-state index contributed by atoms with van der Waals surface area (Å²) in [5, 5.41) is 14.0. The molecule has 0 saturated carbocycles. The van der Waals surface area contributed by atoms with E-state index in [1.165, 1.54) is 0 Å². The summed E-state index contributed by atoms with van der Waals surface area (Å²) in [6, 6.07) is 0. The summed E-state index contributed by atoms with van der Waals surface area (Å²) in [5.41, 5.74) is 0. The first-order valence-corrected chi connectivity index (χ1v) is 6.03. The van der Waals surface area contributed by atoms with Crippen molar-refractivity contribution in [3.63, 3.8) is 0 Å². The number of aliphatic hydroxyl groups is 1. The molecular weight excluding hydrogens is 206 g/mol. The molecule has 0 spiro atoms. The van der Waals surface area contributed by atoms with Crippen LogP contribution in [0.25, 0.3) is 0 Å². The van der Waals surface area contributed by atoms with Gasteiger partial charge in [-0.05, 0) is 19.3 Å². The lowest BCUT2D eigenvalue weighted by Gasteiger charge is -2.16. The molecule has 2 atom stereocenters. The van der Waals surface area contributed by atoms with Crippen LogP contribution < -0.4 is 0 Å². The fourth-order valence-electron chi connectivity index (χ4n) is 2.44. The van der Waals surface area contributed by atoms with E-state index in [1.807, 2.05) is 4.68 Å². The van der Waals surface area contributed by atoms with Gasteiger partial charge in [0.25, 0.3) is 0 Å². The molecule has 1 N–H and O–H groups in total. The Hall–Kier alpha value is -0.940. The molecule has 16 heavy (non-hydrogen) atoms. The highest BCUT2D eigenvalue weighted by Crippen LogP contribution is 2.18. The van der Waals surface area contributed by atoms with Gasteiger partial charge in [-0.3, -0.25) is 0 Å². The van der Waals surface area contributed by atoms with Gasteiger partial charge < -0.3 is 9.84 Å². The smallest absolute Gasteiger partial charge is 0.153 e. The number of fused-ring (bicyclic) bond motifs is 1. The second kappa shape index (κ2) is 4.14. The van der Waals surface area contributed by atoms with E-state index in [1.54, 1.807) is 0 Å². The van der Waals surface area contributed by atoms with Gasteiger partial charge in [0.15, 0.2) is 5.82 Å². The third-order valence-corrected chi connectivity index (χ3v) is 3.31. The first-order valence-electron chi connectivity index (χ1n) is 6.03. The summed E-state index contributed by atoms with van der Waals surface area (Å²) in [5.74, 6) is 1.88. The molecular formula is C11H17N3O2. The number of ether oxygens (including phenoxy) is 1.